The molecule has 18 heavy (non-hydrogen) atoms. The van der Waals surface area contributed by atoms with Gasteiger partial charge >= 0.3 is 0 Å². The summed E-state index contributed by atoms with van der Waals surface area (Å²) in [5.74, 6) is 0.776. The molecule has 1 saturated heterocycles. The number of benzene rings is 1. The average Bonchev–Trinajstić information content (AvgIpc) is 2.80. The molecule has 2 rings (SSSR count). The van der Waals surface area contributed by atoms with Gasteiger partial charge < -0.3 is 14.8 Å². The molecule has 0 bridgehead atoms. The summed E-state index contributed by atoms with van der Waals surface area (Å²) < 4.78 is 10.9. The standard InChI is InChI=1S/C14H18N2O2/c1-11-13(6-8-17-11)16-10-12-4-2-3-5-14(12)18-9-7-15/h2-5,11,13,16H,6,8-10H2,1H3. The number of rotatable bonds is 5. The van der Waals surface area contributed by atoms with E-state index in [0.717, 1.165) is 30.9 Å². The molecule has 4 heteroatoms. The van der Waals surface area contributed by atoms with Gasteiger partial charge in [0.05, 0.1) is 6.10 Å². The van der Waals surface area contributed by atoms with Gasteiger partial charge in [0, 0.05) is 24.8 Å². The number of hydrogen-bond donors (Lipinski definition) is 1. The van der Waals surface area contributed by atoms with Crippen molar-refractivity contribution in [1.29, 1.82) is 5.26 Å². The molecule has 0 radical (unpaired) electrons. The van der Waals surface area contributed by atoms with Crippen LogP contribution in [0.15, 0.2) is 24.3 Å². The zero-order valence-corrected chi connectivity index (χ0v) is 10.6. The van der Waals surface area contributed by atoms with Crippen molar-refractivity contribution in [2.75, 3.05) is 13.2 Å². The number of nitrogens with one attached hydrogen (secondary N) is 1. The molecular formula is C14H18N2O2. The second-order valence-corrected chi connectivity index (χ2v) is 4.41. The fourth-order valence-electron chi connectivity index (χ4n) is 2.14. The van der Waals surface area contributed by atoms with Gasteiger partial charge in [-0.3, -0.25) is 0 Å². The molecule has 1 aliphatic heterocycles. The van der Waals surface area contributed by atoms with Crippen molar-refractivity contribution in [3.63, 3.8) is 0 Å². The van der Waals surface area contributed by atoms with Gasteiger partial charge in [-0.2, -0.15) is 5.26 Å². The van der Waals surface area contributed by atoms with E-state index in [1.165, 1.54) is 0 Å². The normalized spacial score (nSPS) is 22.7. The summed E-state index contributed by atoms with van der Waals surface area (Å²) in [6, 6.07) is 10.2. The Balaban J connectivity index is 1.94. The lowest BCUT2D eigenvalue weighted by molar-refractivity contribution is 0.113. The first-order chi connectivity index (χ1) is 8.81. The average molecular weight is 246 g/mol. The van der Waals surface area contributed by atoms with Gasteiger partial charge in [-0.05, 0) is 19.4 Å². The summed E-state index contributed by atoms with van der Waals surface area (Å²) in [5, 5.41) is 12.0. The summed E-state index contributed by atoms with van der Waals surface area (Å²) in [5.41, 5.74) is 1.08. The zero-order chi connectivity index (χ0) is 12.8. The SMILES string of the molecule is CC1OCCC1NCc1ccccc1OCC#N. The third-order valence-corrected chi connectivity index (χ3v) is 3.20. The molecule has 1 fully saturated rings. The molecule has 2 unspecified atom stereocenters. The van der Waals surface area contributed by atoms with E-state index >= 15 is 0 Å². The zero-order valence-electron chi connectivity index (χ0n) is 10.6. The topological polar surface area (TPSA) is 54.3 Å². The molecular weight excluding hydrogens is 228 g/mol. The van der Waals surface area contributed by atoms with E-state index in [1.807, 2.05) is 30.3 Å². The minimum absolute atomic E-state index is 0.0833. The van der Waals surface area contributed by atoms with E-state index in [9.17, 15) is 0 Å². The van der Waals surface area contributed by atoms with Crippen molar-refractivity contribution in [2.24, 2.45) is 0 Å². The van der Waals surface area contributed by atoms with Crippen LogP contribution >= 0.6 is 0 Å². The second kappa shape index (κ2) is 6.39. The van der Waals surface area contributed by atoms with Gasteiger partial charge in [0.1, 0.15) is 11.8 Å². The first kappa shape index (κ1) is 12.9. The maximum absolute atomic E-state index is 8.55. The molecule has 0 saturated carbocycles. The number of para-hydroxylation sites is 1. The summed E-state index contributed by atoms with van der Waals surface area (Å²) >= 11 is 0. The highest BCUT2D eigenvalue weighted by atomic mass is 16.5. The lowest BCUT2D eigenvalue weighted by atomic mass is 10.1. The summed E-state index contributed by atoms with van der Waals surface area (Å²) in [7, 11) is 0. The number of ether oxygens (including phenoxy) is 2. The number of hydrogen-bond acceptors (Lipinski definition) is 4. The van der Waals surface area contributed by atoms with Crippen LogP contribution in [0.1, 0.15) is 18.9 Å². The van der Waals surface area contributed by atoms with Crippen LogP contribution in [0.25, 0.3) is 0 Å². The summed E-state index contributed by atoms with van der Waals surface area (Å²) in [4.78, 5) is 0. The van der Waals surface area contributed by atoms with Crippen LogP contribution in [0.3, 0.4) is 0 Å². The van der Waals surface area contributed by atoms with E-state index in [0.29, 0.717) is 6.04 Å². The first-order valence-corrected chi connectivity index (χ1v) is 6.24. The van der Waals surface area contributed by atoms with Gasteiger partial charge in [-0.1, -0.05) is 18.2 Å². The molecule has 4 nitrogen and oxygen atoms in total. The van der Waals surface area contributed by atoms with Crippen LogP contribution in [-0.4, -0.2) is 25.4 Å². The second-order valence-electron chi connectivity index (χ2n) is 4.41. The minimum atomic E-state index is 0.0833. The molecule has 0 spiro atoms. The summed E-state index contributed by atoms with van der Waals surface area (Å²) in [6.45, 7) is 3.73. The van der Waals surface area contributed by atoms with Gasteiger partial charge in [0.2, 0.25) is 0 Å². The Morgan fingerprint density at radius 1 is 1.50 bits per heavy atom. The lowest BCUT2D eigenvalue weighted by Gasteiger charge is -2.17. The Kier molecular flexibility index (Phi) is 4.57. The van der Waals surface area contributed by atoms with Crippen molar-refractivity contribution in [1.82, 2.24) is 5.32 Å². The highest BCUT2D eigenvalue weighted by Gasteiger charge is 2.23. The van der Waals surface area contributed by atoms with Crippen molar-refractivity contribution in [3.8, 4) is 11.8 Å². The van der Waals surface area contributed by atoms with Crippen molar-refractivity contribution in [3.05, 3.63) is 29.8 Å². The molecule has 0 aromatic heterocycles. The Bertz CT molecular complexity index is 428. The maximum Gasteiger partial charge on any atom is 0.174 e. The van der Waals surface area contributed by atoms with Gasteiger partial charge in [-0.25, -0.2) is 0 Å². The van der Waals surface area contributed by atoms with E-state index in [4.69, 9.17) is 14.7 Å². The Morgan fingerprint density at radius 2 is 2.33 bits per heavy atom. The highest BCUT2D eigenvalue weighted by molar-refractivity contribution is 5.33. The largest absolute Gasteiger partial charge is 0.478 e. The van der Waals surface area contributed by atoms with Crippen LogP contribution in [0, 0.1) is 11.3 Å². The van der Waals surface area contributed by atoms with Gasteiger partial charge in [0.25, 0.3) is 0 Å². The van der Waals surface area contributed by atoms with Crippen LogP contribution in [0.5, 0.6) is 5.75 Å². The molecule has 0 aliphatic carbocycles. The smallest absolute Gasteiger partial charge is 0.174 e. The van der Waals surface area contributed by atoms with E-state index in [1.54, 1.807) is 0 Å². The van der Waals surface area contributed by atoms with Crippen LogP contribution in [0.2, 0.25) is 0 Å². The first-order valence-electron chi connectivity index (χ1n) is 6.24. The molecule has 0 amide bonds. The van der Waals surface area contributed by atoms with Crippen molar-refractivity contribution in [2.45, 2.75) is 32.0 Å². The van der Waals surface area contributed by atoms with Gasteiger partial charge in [0.15, 0.2) is 6.61 Å². The quantitative estimate of drug-likeness (QED) is 0.861. The third kappa shape index (κ3) is 3.22. The molecule has 2 atom stereocenters. The lowest BCUT2D eigenvalue weighted by Crippen LogP contribution is -2.34. The predicted molar refractivity (Wildman–Crippen MR) is 68.2 cm³/mol. The van der Waals surface area contributed by atoms with E-state index in [2.05, 4.69) is 12.2 Å². The molecule has 1 aromatic carbocycles. The summed E-state index contributed by atoms with van der Waals surface area (Å²) in [6.07, 6.45) is 1.31. The van der Waals surface area contributed by atoms with Crippen molar-refractivity contribution < 1.29 is 9.47 Å². The highest BCUT2D eigenvalue weighted by Crippen LogP contribution is 2.19. The van der Waals surface area contributed by atoms with E-state index in [-0.39, 0.29) is 12.7 Å². The van der Waals surface area contributed by atoms with Crippen LogP contribution in [-0.2, 0) is 11.3 Å². The van der Waals surface area contributed by atoms with Gasteiger partial charge in [-0.15, -0.1) is 0 Å². The molecule has 1 aliphatic rings. The van der Waals surface area contributed by atoms with E-state index < -0.39 is 0 Å². The Hall–Kier alpha value is -1.57. The number of nitrogens with zero attached hydrogens (tertiary/aromatic N) is 1. The molecule has 96 valence electrons. The molecule has 1 aromatic rings. The Morgan fingerprint density at radius 3 is 3.06 bits per heavy atom. The fraction of sp³-hybridized carbons (Fsp3) is 0.500. The van der Waals surface area contributed by atoms with Crippen LogP contribution in [0.4, 0.5) is 0 Å². The fourth-order valence-corrected chi connectivity index (χ4v) is 2.14. The maximum atomic E-state index is 8.55. The predicted octanol–water partition coefficient (Wildman–Crippen LogP) is 1.86. The van der Waals surface area contributed by atoms with Crippen LogP contribution < -0.4 is 10.1 Å². The monoisotopic (exact) mass is 246 g/mol. The third-order valence-electron chi connectivity index (χ3n) is 3.20. The molecule has 1 N–H and O–H groups in total. The Labute approximate surface area is 108 Å². The number of nitriles is 1. The minimum Gasteiger partial charge on any atom is -0.478 e. The molecule has 1 heterocycles. The van der Waals surface area contributed by atoms with Crippen molar-refractivity contribution >= 4 is 0 Å².